The minimum Gasteiger partial charge on any atom is -0.444 e. The topological polar surface area (TPSA) is 46.6 Å². The van der Waals surface area contributed by atoms with Crippen molar-refractivity contribution in [2.24, 2.45) is 0 Å². The second-order valence-electron chi connectivity index (χ2n) is 5.73. The highest BCUT2D eigenvalue weighted by Crippen LogP contribution is 2.20. The normalized spacial score (nSPS) is 21.9. The van der Waals surface area contributed by atoms with E-state index in [4.69, 9.17) is 4.74 Å². The quantitative estimate of drug-likeness (QED) is 0.663. The molecule has 0 aromatic rings. The van der Waals surface area contributed by atoms with Crippen LogP contribution in [0.5, 0.6) is 0 Å². The summed E-state index contributed by atoms with van der Waals surface area (Å²) in [5, 5.41) is 0. The second kappa shape index (κ2) is 5.52. The van der Waals surface area contributed by atoms with Crippen LogP contribution < -0.4 is 0 Å². The smallest absolute Gasteiger partial charge is 0.410 e. The van der Waals surface area contributed by atoms with Gasteiger partial charge in [-0.25, -0.2) is 4.79 Å². The lowest BCUT2D eigenvalue weighted by atomic mass is 10.1. The van der Waals surface area contributed by atoms with Gasteiger partial charge in [0.15, 0.2) is 0 Å². The maximum Gasteiger partial charge on any atom is 0.410 e. The molecule has 0 bridgehead atoms. The Hall–Kier alpha value is -1.06. The molecule has 1 unspecified atom stereocenters. The third-order valence-electron chi connectivity index (χ3n) is 2.94. The minimum absolute atomic E-state index is 0.000139. The van der Waals surface area contributed by atoms with Gasteiger partial charge in [-0.15, -0.1) is 0 Å². The Morgan fingerprint density at radius 3 is 2.59 bits per heavy atom. The van der Waals surface area contributed by atoms with Crippen LogP contribution in [0.25, 0.3) is 0 Å². The van der Waals surface area contributed by atoms with E-state index in [1.807, 2.05) is 20.8 Å². The molecule has 0 heterocycles. The van der Waals surface area contributed by atoms with E-state index in [9.17, 15) is 9.59 Å². The maximum absolute atomic E-state index is 11.9. The van der Waals surface area contributed by atoms with Gasteiger partial charge in [-0.3, -0.25) is 4.79 Å². The number of rotatable bonds is 1. The van der Waals surface area contributed by atoms with Gasteiger partial charge in [0.2, 0.25) is 0 Å². The second-order valence-corrected chi connectivity index (χ2v) is 5.73. The van der Waals surface area contributed by atoms with E-state index in [0.29, 0.717) is 12.8 Å². The number of amides is 1. The molecule has 0 aromatic heterocycles. The number of ether oxygens (including phenoxy) is 1. The molecular weight excluding hydrogens is 218 g/mol. The first-order valence-electron chi connectivity index (χ1n) is 6.27. The summed E-state index contributed by atoms with van der Waals surface area (Å²) in [6.07, 6.45) is 3.62. The zero-order valence-electron chi connectivity index (χ0n) is 11.3. The van der Waals surface area contributed by atoms with Crippen molar-refractivity contribution in [2.75, 3.05) is 7.05 Å². The van der Waals surface area contributed by atoms with E-state index in [-0.39, 0.29) is 17.9 Å². The Morgan fingerprint density at radius 2 is 2.00 bits per heavy atom. The van der Waals surface area contributed by atoms with Crippen LogP contribution in [0.15, 0.2) is 0 Å². The van der Waals surface area contributed by atoms with Gasteiger partial charge in [0, 0.05) is 25.9 Å². The first kappa shape index (κ1) is 14.0. The van der Waals surface area contributed by atoms with Crippen LogP contribution in [0, 0.1) is 0 Å². The van der Waals surface area contributed by atoms with Crippen molar-refractivity contribution in [3.05, 3.63) is 0 Å². The third kappa shape index (κ3) is 4.75. The van der Waals surface area contributed by atoms with Crippen molar-refractivity contribution in [3.63, 3.8) is 0 Å². The molecule has 1 fully saturated rings. The fourth-order valence-corrected chi connectivity index (χ4v) is 1.98. The van der Waals surface area contributed by atoms with Crippen LogP contribution in [0.1, 0.15) is 52.9 Å². The lowest BCUT2D eigenvalue weighted by Gasteiger charge is -2.29. The van der Waals surface area contributed by atoms with Crippen molar-refractivity contribution >= 4 is 11.9 Å². The standard InChI is InChI=1S/C13H23NO3/c1-13(2,3)17-12(16)14(4)10-7-5-6-8-11(15)9-10/h10H,5-9H2,1-4H3. The van der Waals surface area contributed by atoms with Crippen LogP contribution in [0.3, 0.4) is 0 Å². The van der Waals surface area contributed by atoms with E-state index in [2.05, 4.69) is 0 Å². The number of ketones is 1. The fourth-order valence-electron chi connectivity index (χ4n) is 1.98. The van der Waals surface area contributed by atoms with E-state index >= 15 is 0 Å². The highest BCUT2D eigenvalue weighted by atomic mass is 16.6. The highest BCUT2D eigenvalue weighted by Gasteiger charge is 2.27. The molecule has 0 radical (unpaired) electrons. The molecule has 1 rings (SSSR count). The van der Waals surface area contributed by atoms with Crippen molar-refractivity contribution in [2.45, 2.75) is 64.5 Å². The fraction of sp³-hybridized carbons (Fsp3) is 0.846. The highest BCUT2D eigenvalue weighted by molar-refractivity contribution is 5.80. The lowest BCUT2D eigenvalue weighted by molar-refractivity contribution is -0.119. The monoisotopic (exact) mass is 241 g/mol. The Kier molecular flexibility index (Phi) is 4.54. The zero-order chi connectivity index (χ0) is 13.1. The number of hydrogen-bond donors (Lipinski definition) is 0. The Balaban J connectivity index is 2.58. The molecule has 0 spiro atoms. The van der Waals surface area contributed by atoms with Crippen molar-refractivity contribution < 1.29 is 14.3 Å². The van der Waals surface area contributed by atoms with E-state index < -0.39 is 5.60 Å². The maximum atomic E-state index is 11.9. The number of nitrogens with zero attached hydrogens (tertiary/aromatic N) is 1. The van der Waals surface area contributed by atoms with Crippen LogP contribution in [0.4, 0.5) is 4.79 Å². The van der Waals surface area contributed by atoms with Crippen molar-refractivity contribution in [1.29, 1.82) is 0 Å². The largest absolute Gasteiger partial charge is 0.444 e. The summed E-state index contributed by atoms with van der Waals surface area (Å²) >= 11 is 0. The summed E-state index contributed by atoms with van der Waals surface area (Å²) in [5.41, 5.74) is -0.486. The predicted molar refractivity (Wildman–Crippen MR) is 65.9 cm³/mol. The van der Waals surface area contributed by atoms with Gasteiger partial charge in [-0.1, -0.05) is 6.42 Å². The lowest BCUT2D eigenvalue weighted by Crippen LogP contribution is -2.41. The number of carbonyl (C=O) groups excluding carboxylic acids is 2. The Labute approximate surface area is 103 Å². The molecule has 0 N–H and O–H groups in total. The number of carbonyl (C=O) groups is 2. The van der Waals surface area contributed by atoms with E-state index in [1.54, 1.807) is 11.9 Å². The Morgan fingerprint density at radius 1 is 1.35 bits per heavy atom. The first-order valence-corrected chi connectivity index (χ1v) is 6.27. The zero-order valence-corrected chi connectivity index (χ0v) is 11.3. The summed E-state index contributed by atoms with van der Waals surface area (Å²) in [6.45, 7) is 5.53. The van der Waals surface area contributed by atoms with Gasteiger partial charge >= 0.3 is 6.09 Å². The van der Waals surface area contributed by atoms with Crippen LogP contribution in [-0.4, -0.2) is 35.5 Å². The average Bonchev–Trinajstić information content (AvgIpc) is 2.39. The van der Waals surface area contributed by atoms with Gasteiger partial charge < -0.3 is 9.64 Å². The molecule has 1 amide bonds. The van der Waals surface area contributed by atoms with Crippen molar-refractivity contribution in [1.82, 2.24) is 4.90 Å². The van der Waals surface area contributed by atoms with E-state index in [1.165, 1.54) is 0 Å². The van der Waals surface area contributed by atoms with Crippen LogP contribution >= 0.6 is 0 Å². The molecule has 98 valence electrons. The van der Waals surface area contributed by atoms with Crippen molar-refractivity contribution in [3.8, 4) is 0 Å². The third-order valence-corrected chi connectivity index (χ3v) is 2.94. The van der Waals surface area contributed by atoms with Gasteiger partial charge in [-0.05, 0) is 33.6 Å². The average molecular weight is 241 g/mol. The predicted octanol–water partition coefficient (Wildman–Crippen LogP) is 2.76. The molecule has 4 heteroatoms. The van der Waals surface area contributed by atoms with Gasteiger partial charge in [-0.2, -0.15) is 0 Å². The summed E-state index contributed by atoms with van der Waals surface area (Å²) < 4.78 is 5.30. The van der Waals surface area contributed by atoms with Crippen LogP contribution in [-0.2, 0) is 9.53 Å². The summed E-state index contributed by atoms with van der Waals surface area (Å²) in [7, 11) is 1.72. The van der Waals surface area contributed by atoms with E-state index in [0.717, 1.165) is 19.3 Å². The molecule has 1 aliphatic carbocycles. The molecule has 0 aliphatic heterocycles. The molecule has 0 saturated heterocycles. The van der Waals surface area contributed by atoms with Crippen LogP contribution in [0.2, 0.25) is 0 Å². The van der Waals surface area contributed by atoms with Gasteiger partial charge in [0.1, 0.15) is 11.4 Å². The molecule has 0 aromatic carbocycles. The molecular formula is C13H23NO3. The molecule has 1 atom stereocenters. The first-order chi connectivity index (χ1) is 7.79. The SMILES string of the molecule is CN(C(=O)OC(C)(C)C)C1CCCCC(=O)C1. The molecule has 17 heavy (non-hydrogen) atoms. The summed E-state index contributed by atoms with van der Waals surface area (Å²) in [4.78, 5) is 25.0. The number of Topliss-reactive ketones (excluding diaryl/α,β-unsaturated/α-hetero) is 1. The number of hydrogen-bond acceptors (Lipinski definition) is 3. The summed E-state index contributed by atoms with van der Waals surface area (Å²) in [5.74, 6) is 0.253. The summed E-state index contributed by atoms with van der Waals surface area (Å²) in [6, 6.07) is -0.000139. The molecule has 1 aliphatic rings. The van der Waals surface area contributed by atoms with Gasteiger partial charge in [0.25, 0.3) is 0 Å². The molecule has 1 saturated carbocycles. The van der Waals surface area contributed by atoms with Gasteiger partial charge in [0.05, 0.1) is 0 Å². The molecule has 4 nitrogen and oxygen atoms in total. The minimum atomic E-state index is -0.486. The Bertz CT molecular complexity index is 294.